The Morgan fingerprint density at radius 2 is 2.29 bits per heavy atom. The van der Waals surface area contributed by atoms with Gasteiger partial charge in [-0.15, -0.1) is 0 Å². The van der Waals surface area contributed by atoms with E-state index in [0.717, 1.165) is 23.4 Å². The summed E-state index contributed by atoms with van der Waals surface area (Å²) in [5.41, 5.74) is 1.55. The minimum absolute atomic E-state index is 0.0275. The third-order valence-corrected chi connectivity index (χ3v) is 3.02. The topological polar surface area (TPSA) is 59.8 Å². The lowest BCUT2D eigenvalue weighted by Crippen LogP contribution is -2.35. The summed E-state index contributed by atoms with van der Waals surface area (Å²) in [5.74, 6) is 1.09. The van der Waals surface area contributed by atoms with E-state index in [2.05, 4.69) is 29.1 Å². The number of carbonyl (C=O) groups excluding carboxylic acids is 1. The van der Waals surface area contributed by atoms with Gasteiger partial charge in [0, 0.05) is 30.6 Å². The number of nitrogens with zero attached hydrogens (tertiary/aromatic N) is 3. The molecule has 3 rings (SSSR count). The van der Waals surface area contributed by atoms with Crippen molar-refractivity contribution in [1.82, 2.24) is 19.9 Å². The molecule has 1 N–H and O–H groups in total. The normalized spacial score (nSPS) is 15.1. The maximum Gasteiger partial charge on any atom is 0.268 e. The van der Waals surface area contributed by atoms with Crippen molar-refractivity contribution in [3.05, 3.63) is 23.8 Å². The van der Waals surface area contributed by atoms with Crippen LogP contribution in [0.1, 0.15) is 36.1 Å². The van der Waals surface area contributed by atoms with Crippen molar-refractivity contribution in [2.24, 2.45) is 0 Å². The number of rotatable bonds is 1. The van der Waals surface area contributed by atoms with E-state index in [0.29, 0.717) is 18.2 Å². The highest BCUT2D eigenvalue weighted by Gasteiger charge is 2.20. The molecule has 0 atom stereocenters. The van der Waals surface area contributed by atoms with E-state index in [4.69, 9.17) is 0 Å². The van der Waals surface area contributed by atoms with Crippen molar-refractivity contribution < 1.29 is 4.79 Å². The van der Waals surface area contributed by atoms with Crippen LogP contribution in [0.25, 0.3) is 11.0 Å². The molecule has 0 spiro atoms. The van der Waals surface area contributed by atoms with Crippen LogP contribution in [0.4, 0.5) is 0 Å². The number of nitrogens with one attached hydrogen (secondary N) is 1. The van der Waals surface area contributed by atoms with Crippen LogP contribution >= 0.6 is 0 Å². The van der Waals surface area contributed by atoms with E-state index in [1.165, 1.54) is 0 Å². The number of carbonyl (C=O) groups is 1. The second-order valence-corrected chi connectivity index (χ2v) is 4.60. The molecule has 0 unspecified atom stereocenters. The molecule has 0 fully saturated rings. The lowest BCUT2D eigenvalue weighted by molar-refractivity contribution is 0.0929. The van der Waals surface area contributed by atoms with Gasteiger partial charge in [-0.05, 0) is 6.07 Å². The van der Waals surface area contributed by atoms with Gasteiger partial charge in [-0.2, -0.15) is 0 Å². The Balaban J connectivity index is 2.25. The van der Waals surface area contributed by atoms with Gasteiger partial charge in [-0.1, -0.05) is 13.8 Å². The Kier molecular flexibility index (Phi) is 2.14. The van der Waals surface area contributed by atoms with E-state index < -0.39 is 0 Å². The molecule has 5 heteroatoms. The molecule has 1 aliphatic rings. The van der Waals surface area contributed by atoms with Crippen molar-refractivity contribution >= 4 is 16.9 Å². The zero-order chi connectivity index (χ0) is 12.0. The van der Waals surface area contributed by atoms with Crippen LogP contribution in [0.3, 0.4) is 0 Å². The van der Waals surface area contributed by atoms with Gasteiger partial charge in [0.1, 0.15) is 17.2 Å². The van der Waals surface area contributed by atoms with Gasteiger partial charge >= 0.3 is 0 Å². The van der Waals surface area contributed by atoms with Crippen molar-refractivity contribution in [2.45, 2.75) is 26.3 Å². The Morgan fingerprint density at radius 1 is 1.47 bits per heavy atom. The molecule has 0 bridgehead atoms. The summed E-state index contributed by atoms with van der Waals surface area (Å²) in [7, 11) is 0. The number of hydrogen-bond acceptors (Lipinski definition) is 3. The molecule has 17 heavy (non-hydrogen) atoms. The summed E-state index contributed by atoms with van der Waals surface area (Å²) in [6.45, 7) is 5.57. The highest BCUT2D eigenvalue weighted by Crippen LogP contribution is 2.21. The van der Waals surface area contributed by atoms with Gasteiger partial charge in [-0.25, -0.2) is 9.97 Å². The van der Waals surface area contributed by atoms with Crippen LogP contribution in [0.5, 0.6) is 0 Å². The van der Waals surface area contributed by atoms with Gasteiger partial charge in [0.05, 0.1) is 0 Å². The number of fused-ring (bicyclic) bond motifs is 3. The van der Waals surface area contributed by atoms with E-state index in [-0.39, 0.29) is 5.91 Å². The fourth-order valence-corrected chi connectivity index (χ4v) is 2.12. The van der Waals surface area contributed by atoms with E-state index >= 15 is 0 Å². The summed E-state index contributed by atoms with van der Waals surface area (Å²) < 4.78 is 1.97. The first kappa shape index (κ1) is 10.3. The summed E-state index contributed by atoms with van der Waals surface area (Å²) >= 11 is 0. The van der Waals surface area contributed by atoms with Crippen LogP contribution in [-0.4, -0.2) is 27.0 Å². The largest absolute Gasteiger partial charge is 0.349 e. The molecule has 0 radical (unpaired) electrons. The molecule has 5 nitrogen and oxygen atoms in total. The van der Waals surface area contributed by atoms with Crippen LogP contribution in [0.2, 0.25) is 0 Å². The lowest BCUT2D eigenvalue weighted by Gasteiger charge is -2.16. The van der Waals surface area contributed by atoms with Crippen molar-refractivity contribution in [2.75, 3.05) is 6.54 Å². The molecule has 1 amide bonds. The zero-order valence-electron chi connectivity index (χ0n) is 9.90. The molecule has 3 heterocycles. The predicted molar refractivity (Wildman–Crippen MR) is 64.0 cm³/mol. The molecular weight excluding hydrogens is 216 g/mol. The highest BCUT2D eigenvalue weighted by molar-refractivity contribution is 5.98. The minimum atomic E-state index is -0.0275. The third kappa shape index (κ3) is 1.50. The Labute approximate surface area is 98.9 Å². The molecular formula is C12H14N4O. The Bertz CT molecular complexity index is 600. The fraction of sp³-hybridized carbons (Fsp3) is 0.417. The first-order valence-electron chi connectivity index (χ1n) is 5.81. The summed E-state index contributed by atoms with van der Waals surface area (Å²) in [4.78, 5) is 20.6. The molecule has 0 saturated heterocycles. The van der Waals surface area contributed by atoms with Crippen molar-refractivity contribution in [3.63, 3.8) is 0 Å². The van der Waals surface area contributed by atoms with Gasteiger partial charge in [0.15, 0.2) is 0 Å². The average Bonchev–Trinajstić information content (AvgIpc) is 2.68. The van der Waals surface area contributed by atoms with Crippen LogP contribution in [0.15, 0.2) is 12.3 Å². The van der Waals surface area contributed by atoms with Gasteiger partial charge in [0.25, 0.3) is 5.91 Å². The van der Waals surface area contributed by atoms with Gasteiger partial charge < -0.3 is 9.88 Å². The first-order chi connectivity index (χ1) is 8.16. The maximum absolute atomic E-state index is 11.7. The first-order valence-corrected chi connectivity index (χ1v) is 5.81. The second kappa shape index (κ2) is 3.55. The number of amides is 1. The van der Waals surface area contributed by atoms with E-state index in [1.54, 1.807) is 6.20 Å². The predicted octanol–water partition coefficient (Wildman–Crippen LogP) is 1.30. The van der Waals surface area contributed by atoms with E-state index in [9.17, 15) is 4.79 Å². The van der Waals surface area contributed by atoms with E-state index in [1.807, 2.05) is 10.6 Å². The SMILES string of the molecule is CC(C)c1ncc2cc3n(c2n1)CCNC3=O. The maximum atomic E-state index is 11.7. The van der Waals surface area contributed by atoms with Crippen LogP contribution < -0.4 is 5.32 Å². The van der Waals surface area contributed by atoms with Gasteiger partial charge in [0.2, 0.25) is 0 Å². The minimum Gasteiger partial charge on any atom is -0.349 e. The van der Waals surface area contributed by atoms with Crippen LogP contribution in [-0.2, 0) is 6.54 Å². The monoisotopic (exact) mass is 230 g/mol. The Morgan fingerprint density at radius 3 is 3.06 bits per heavy atom. The molecule has 1 aliphatic heterocycles. The van der Waals surface area contributed by atoms with Gasteiger partial charge in [-0.3, -0.25) is 4.79 Å². The molecule has 88 valence electrons. The van der Waals surface area contributed by atoms with Crippen molar-refractivity contribution in [1.29, 1.82) is 0 Å². The number of hydrogen-bond donors (Lipinski definition) is 1. The molecule has 2 aromatic rings. The summed E-state index contributed by atoms with van der Waals surface area (Å²) in [6, 6.07) is 1.86. The highest BCUT2D eigenvalue weighted by atomic mass is 16.2. The fourth-order valence-electron chi connectivity index (χ4n) is 2.12. The standard InChI is InChI=1S/C12H14N4O/c1-7(2)10-14-6-8-5-9-12(17)13-3-4-16(9)11(8)15-10/h5-7H,3-4H2,1-2H3,(H,13,17). The number of aromatic nitrogens is 3. The summed E-state index contributed by atoms with van der Waals surface area (Å²) in [5, 5.41) is 3.76. The lowest BCUT2D eigenvalue weighted by atomic mass is 10.2. The third-order valence-electron chi connectivity index (χ3n) is 3.02. The quantitative estimate of drug-likeness (QED) is 0.803. The second-order valence-electron chi connectivity index (χ2n) is 4.60. The summed E-state index contributed by atoms with van der Waals surface area (Å²) in [6.07, 6.45) is 1.80. The average molecular weight is 230 g/mol. The molecule has 0 aromatic carbocycles. The van der Waals surface area contributed by atoms with Crippen LogP contribution in [0, 0.1) is 0 Å². The smallest absolute Gasteiger partial charge is 0.268 e. The zero-order valence-corrected chi connectivity index (χ0v) is 9.90. The molecule has 2 aromatic heterocycles. The molecule has 0 saturated carbocycles. The van der Waals surface area contributed by atoms with Crippen molar-refractivity contribution in [3.8, 4) is 0 Å². The molecule has 0 aliphatic carbocycles. The Hall–Kier alpha value is -1.91.